The molecule has 4 rings (SSSR count). The van der Waals surface area contributed by atoms with Gasteiger partial charge in [-0.1, -0.05) is 24.3 Å². The molecule has 2 heteroatoms. The van der Waals surface area contributed by atoms with Crippen LogP contribution < -0.4 is 5.32 Å². The SMILES string of the molecule is Cc1ccc(CNC2C3CCC2Cc2ccccc2C3)o1. The van der Waals surface area contributed by atoms with Crippen LogP contribution in [0.3, 0.4) is 0 Å². The van der Waals surface area contributed by atoms with E-state index in [1.807, 2.05) is 6.92 Å². The summed E-state index contributed by atoms with van der Waals surface area (Å²) in [5.74, 6) is 3.64. The number of benzene rings is 1. The van der Waals surface area contributed by atoms with E-state index in [0.717, 1.165) is 29.9 Å². The molecule has 2 aromatic rings. The summed E-state index contributed by atoms with van der Waals surface area (Å²) >= 11 is 0. The van der Waals surface area contributed by atoms with E-state index in [1.165, 1.54) is 25.7 Å². The van der Waals surface area contributed by atoms with Crippen LogP contribution in [0.25, 0.3) is 0 Å². The zero-order valence-corrected chi connectivity index (χ0v) is 12.6. The van der Waals surface area contributed by atoms with E-state index < -0.39 is 0 Å². The highest BCUT2D eigenvalue weighted by atomic mass is 16.3. The molecule has 1 N–H and O–H groups in total. The Balaban J connectivity index is 1.50. The standard InChI is InChI=1S/C19H23NO/c1-13-6-9-18(21-13)12-20-19-16-7-8-17(19)11-15-5-3-2-4-14(15)10-16/h2-6,9,16-17,19-20H,7-8,10-12H2,1H3. The van der Waals surface area contributed by atoms with Gasteiger partial charge in [0.2, 0.25) is 0 Å². The minimum atomic E-state index is 0.641. The molecule has 2 aliphatic rings. The van der Waals surface area contributed by atoms with Crippen molar-refractivity contribution in [3.8, 4) is 0 Å². The molecular weight excluding hydrogens is 258 g/mol. The van der Waals surface area contributed by atoms with Gasteiger partial charge in [0.25, 0.3) is 0 Å². The van der Waals surface area contributed by atoms with Crippen LogP contribution in [0.5, 0.6) is 0 Å². The first kappa shape index (κ1) is 13.1. The van der Waals surface area contributed by atoms with Gasteiger partial charge in [0, 0.05) is 6.04 Å². The summed E-state index contributed by atoms with van der Waals surface area (Å²) in [7, 11) is 0. The van der Waals surface area contributed by atoms with E-state index in [1.54, 1.807) is 11.1 Å². The molecule has 110 valence electrons. The molecule has 1 aromatic carbocycles. The highest BCUT2D eigenvalue weighted by Crippen LogP contribution is 2.40. The van der Waals surface area contributed by atoms with Gasteiger partial charge >= 0.3 is 0 Å². The molecule has 2 atom stereocenters. The lowest BCUT2D eigenvalue weighted by molar-refractivity contribution is 0.325. The van der Waals surface area contributed by atoms with Gasteiger partial charge in [-0.05, 0) is 67.7 Å². The Labute approximate surface area is 126 Å². The van der Waals surface area contributed by atoms with Crippen LogP contribution in [-0.2, 0) is 19.4 Å². The van der Waals surface area contributed by atoms with Crippen molar-refractivity contribution in [2.24, 2.45) is 11.8 Å². The Morgan fingerprint density at radius 1 is 1.00 bits per heavy atom. The second-order valence-electron chi connectivity index (χ2n) is 6.69. The number of rotatable bonds is 3. The highest BCUT2D eigenvalue weighted by molar-refractivity contribution is 5.30. The van der Waals surface area contributed by atoms with Crippen LogP contribution in [-0.4, -0.2) is 6.04 Å². The molecule has 1 fully saturated rings. The lowest BCUT2D eigenvalue weighted by atomic mass is 9.94. The number of hydrogen-bond donors (Lipinski definition) is 1. The van der Waals surface area contributed by atoms with Gasteiger partial charge in [0.1, 0.15) is 11.5 Å². The first-order valence-corrected chi connectivity index (χ1v) is 8.15. The van der Waals surface area contributed by atoms with Crippen LogP contribution in [0.15, 0.2) is 40.8 Å². The van der Waals surface area contributed by atoms with Crippen molar-refractivity contribution in [3.05, 3.63) is 59.0 Å². The largest absolute Gasteiger partial charge is 0.465 e. The molecule has 0 aliphatic heterocycles. The molecule has 21 heavy (non-hydrogen) atoms. The molecule has 0 amide bonds. The second-order valence-corrected chi connectivity index (χ2v) is 6.69. The summed E-state index contributed by atoms with van der Waals surface area (Å²) in [6.45, 7) is 2.87. The zero-order valence-electron chi connectivity index (χ0n) is 12.6. The molecular formula is C19H23NO. The summed E-state index contributed by atoms with van der Waals surface area (Å²) in [6.07, 6.45) is 5.21. The molecule has 1 saturated carbocycles. The number of fused-ring (bicyclic) bond motifs is 3. The van der Waals surface area contributed by atoms with Crippen molar-refractivity contribution in [1.82, 2.24) is 5.32 Å². The first-order chi connectivity index (χ1) is 10.3. The Bertz CT molecular complexity index is 597. The monoisotopic (exact) mass is 281 g/mol. The fourth-order valence-electron chi connectivity index (χ4n) is 4.28. The first-order valence-electron chi connectivity index (χ1n) is 8.15. The maximum Gasteiger partial charge on any atom is 0.117 e. The Kier molecular flexibility index (Phi) is 3.34. The molecule has 0 spiro atoms. The third-order valence-electron chi connectivity index (χ3n) is 5.31. The molecule has 0 saturated heterocycles. The zero-order chi connectivity index (χ0) is 14.2. The van der Waals surface area contributed by atoms with Gasteiger partial charge in [-0.3, -0.25) is 0 Å². The summed E-state index contributed by atoms with van der Waals surface area (Å²) in [5.41, 5.74) is 3.15. The molecule has 2 bridgehead atoms. The Morgan fingerprint density at radius 2 is 1.67 bits per heavy atom. The highest BCUT2D eigenvalue weighted by Gasteiger charge is 2.38. The Morgan fingerprint density at radius 3 is 2.24 bits per heavy atom. The predicted molar refractivity (Wildman–Crippen MR) is 84.1 cm³/mol. The minimum absolute atomic E-state index is 0.641. The summed E-state index contributed by atoms with van der Waals surface area (Å²) in [4.78, 5) is 0. The molecule has 2 unspecified atom stereocenters. The smallest absolute Gasteiger partial charge is 0.117 e. The quantitative estimate of drug-likeness (QED) is 0.924. The topological polar surface area (TPSA) is 25.2 Å². The number of furan rings is 1. The summed E-state index contributed by atoms with van der Waals surface area (Å²) in [5, 5.41) is 3.79. The molecule has 1 aromatic heterocycles. The number of hydrogen-bond acceptors (Lipinski definition) is 2. The Hall–Kier alpha value is -1.54. The van der Waals surface area contributed by atoms with Crippen LogP contribution in [0, 0.1) is 18.8 Å². The van der Waals surface area contributed by atoms with Gasteiger partial charge < -0.3 is 9.73 Å². The van der Waals surface area contributed by atoms with Gasteiger partial charge in [-0.15, -0.1) is 0 Å². The van der Waals surface area contributed by atoms with Gasteiger partial charge in [-0.2, -0.15) is 0 Å². The van der Waals surface area contributed by atoms with Crippen LogP contribution in [0.1, 0.15) is 35.5 Å². The molecule has 0 radical (unpaired) electrons. The van der Waals surface area contributed by atoms with E-state index in [2.05, 4.69) is 41.7 Å². The average Bonchev–Trinajstić information content (AvgIpc) is 2.99. The maximum absolute atomic E-state index is 5.70. The van der Waals surface area contributed by atoms with Crippen molar-refractivity contribution < 1.29 is 4.42 Å². The lowest BCUT2D eigenvalue weighted by Gasteiger charge is -2.23. The normalized spacial score (nSPS) is 27.4. The summed E-state index contributed by atoms with van der Waals surface area (Å²) in [6, 6.07) is 13.8. The van der Waals surface area contributed by atoms with Gasteiger partial charge in [-0.25, -0.2) is 0 Å². The van der Waals surface area contributed by atoms with Crippen LogP contribution >= 0.6 is 0 Å². The molecule has 2 aliphatic carbocycles. The minimum Gasteiger partial charge on any atom is -0.465 e. The number of nitrogens with one attached hydrogen (secondary N) is 1. The van der Waals surface area contributed by atoms with Crippen molar-refractivity contribution in [2.45, 2.75) is 45.2 Å². The maximum atomic E-state index is 5.70. The van der Waals surface area contributed by atoms with Crippen LogP contribution in [0.4, 0.5) is 0 Å². The van der Waals surface area contributed by atoms with E-state index in [-0.39, 0.29) is 0 Å². The van der Waals surface area contributed by atoms with Crippen LogP contribution in [0.2, 0.25) is 0 Å². The second kappa shape index (κ2) is 5.34. The van der Waals surface area contributed by atoms with Gasteiger partial charge in [0.15, 0.2) is 0 Å². The average molecular weight is 281 g/mol. The van der Waals surface area contributed by atoms with Crippen molar-refractivity contribution >= 4 is 0 Å². The fourth-order valence-corrected chi connectivity index (χ4v) is 4.28. The molecule has 2 nitrogen and oxygen atoms in total. The lowest BCUT2D eigenvalue weighted by Crippen LogP contribution is -2.37. The van der Waals surface area contributed by atoms with Crippen molar-refractivity contribution in [2.75, 3.05) is 0 Å². The van der Waals surface area contributed by atoms with Gasteiger partial charge in [0.05, 0.1) is 6.54 Å². The van der Waals surface area contributed by atoms with E-state index >= 15 is 0 Å². The van der Waals surface area contributed by atoms with E-state index in [9.17, 15) is 0 Å². The van der Waals surface area contributed by atoms with Crippen molar-refractivity contribution in [3.63, 3.8) is 0 Å². The van der Waals surface area contributed by atoms with E-state index in [4.69, 9.17) is 4.42 Å². The predicted octanol–water partition coefficient (Wildman–Crippen LogP) is 3.87. The van der Waals surface area contributed by atoms with E-state index in [0.29, 0.717) is 6.04 Å². The summed E-state index contributed by atoms with van der Waals surface area (Å²) < 4.78 is 5.70. The third-order valence-corrected chi connectivity index (χ3v) is 5.31. The molecule has 1 heterocycles. The fraction of sp³-hybridized carbons (Fsp3) is 0.474. The van der Waals surface area contributed by atoms with Crippen molar-refractivity contribution in [1.29, 1.82) is 0 Å². The number of aryl methyl sites for hydroxylation is 1. The third kappa shape index (κ3) is 2.53.